The molecule has 0 radical (unpaired) electrons. The van der Waals surface area contributed by atoms with Crippen molar-refractivity contribution in [1.82, 2.24) is 25.1 Å². The summed E-state index contributed by atoms with van der Waals surface area (Å²) in [6.07, 6.45) is 5.06. The number of halogens is 1. The fourth-order valence-corrected chi connectivity index (χ4v) is 5.56. The molecule has 10 nitrogen and oxygen atoms in total. The number of piperazine rings is 1. The van der Waals surface area contributed by atoms with Crippen molar-refractivity contribution in [3.8, 4) is 6.01 Å². The van der Waals surface area contributed by atoms with Crippen LogP contribution in [-0.4, -0.2) is 70.1 Å². The Hall–Kier alpha value is -3.83. The number of aromatic nitrogens is 4. The summed E-state index contributed by atoms with van der Waals surface area (Å²) in [6, 6.07) is 7.50. The number of amides is 1. The largest absolute Gasteiger partial charge is 0.458 e. The third kappa shape index (κ3) is 5.24. The summed E-state index contributed by atoms with van der Waals surface area (Å²) in [6.45, 7) is 7.13. The second-order valence-electron chi connectivity index (χ2n) is 10.5. The highest BCUT2D eigenvalue weighted by Crippen LogP contribution is 2.32. The van der Waals surface area contributed by atoms with E-state index in [1.54, 1.807) is 36.3 Å². The van der Waals surface area contributed by atoms with E-state index in [0.29, 0.717) is 40.8 Å². The first-order valence-electron chi connectivity index (χ1n) is 13.3. The summed E-state index contributed by atoms with van der Waals surface area (Å²) in [5, 5.41) is 11.9. The van der Waals surface area contributed by atoms with Gasteiger partial charge in [-0.05, 0) is 51.0 Å². The second-order valence-corrected chi connectivity index (χ2v) is 10.5. The third-order valence-electron chi connectivity index (χ3n) is 7.17. The number of nitrogens with one attached hydrogen (secondary N) is 2. The van der Waals surface area contributed by atoms with Crippen molar-refractivity contribution >= 4 is 39.1 Å². The van der Waals surface area contributed by atoms with Crippen molar-refractivity contribution in [2.45, 2.75) is 44.9 Å². The molecule has 2 aliphatic heterocycles. The smallest absolute Gasteiger partial charge is 0.317 e. The van der Waals surface area contributed by atoms with Gasteiger partial charge in [-0.25, -0.2) is 9.37 Å². The number of anilines is 2. The predicted molar refractivity (Wildman–Crippen MR) is 147 cm³/mol. The first-order valence-corrected chi connectivity index (χ1v) is 13.3. The Bertz CT molecular complexity index is 1520. The van der Waals surface area contributed by atoms with Crippen LogP contribution in [0, 0.1) is 5.82 Å². The van der Waals surface area contributed by atoms with Gasteiger partial charge in [-0.15, -0.1) is 0 Å². The lowest BCUT2D eigenvalue weighted by Crippen LogP contribution is -2.54. The summed E-state index contributed by atoms with van der Waals surface area (Å²) in [7, 11) is 1.73. The Morgan fingerprint density at radius 3 is 2.79 bits per heavy atom. The monoisotopic (exact) mass is 533 g/mol. The van der Waals surface area contributed by atoms with Crippen molar-refractivity contribution in [1.29, 1.82) is 0 Å². The molecule has 4 aromatic rings. The molecule has 39 heavy (non-hydrogen) atoms. The fourth-order valence-electron chi connectivity index (χ4n) is 5.56. The van der Waals surface area contributed by atoms with Crippen LogP contribution in [0.25, 0.3) is 21.8 Å². The van der Waals surface area contributed by atoms with E-state index in [1.807, 2.05) is 6.07 Å². The SMILES string of the molecule is C[C@H]1CN(c2ccc(C(=O)Nc3cc(F)c4nn(C)cc4c3)c3nc(OC4CCCOC4)ncc23)C[C@H](C)N1. The lowest BCUT2D eigenvalue weighted by atomic mass is 10.0. The van der Waals surface area contributed by atoms with Gasteiger partial charge < -0.3 is 25.0 Å². The van der Waals surface area contributed by atoms with Crippen molar-refractivity contribution in [3.05, 3.63) is 48.0 Å². The van der Waals surface area contributed by atoms with E-state index in [2.05, 4.69) is 39.5 Å². The minimum Gasteiger partial charge on any atom is -0.458 e. The maximum atomic E-state index is 14.7. The van der Waals surface area contributed by atoms with E-state index in [0.717, 1.165) is 43.6 Å². The molecular formula is C28H32FN7O3. The zero-order chi connectivity index (χ0) is 27.1. The minimum absolute atomic E-state index is 0.138. The van der Waals surface area contributed by atoms with Crippen LogP contribution in [0.1, 0.15) is 37.0 Å². The highest BCUT2D eigenvalue weighted by atomic mass is 19.1. The predicted octanol–water partition coefficient (Wildman–Crippen LogP) is 3.65. The Kier molecular flexibility index (Phi) is 6.78. The number of hydrogen-bond acceptors (Lipinski definition) is 8. The van der Waals surface area contributed by atoms with E-state index in [9.17, 15) is 9.18 Å². The molecule has 2 N–H and O–H groups in total. The second kappa shape index (κ2) is 10.4. The van der Waals surface area contributed by atoms with E-state index in [-0.39, 0.29) is 17.6 Å². The van der Waals surface area contributed by atoms with Crippen molar-refractivity contribution in [2.75, 3.05) is 36.5 Å². The van der Waals surface area contributed by atoms with E-state index >= 15 is 0 Å². The Balaban J connectivity index is 1.38. The van der Waals surface area contributed by atoms with Crippen LogP contribution in [-0.2, 0) is 11.8 Å². The molecule has 0 bridgehead atoms. The number of hydrogen-bond donors (Lipinski definition) is 2. The van der Waals surface area contributed by atoms with Gasteiger partial charge in [-0.2, -0.15) is 10.1 Å². The summed E-state index contributed by atoms with van der Waals surface area (Å²) < 4.78 is 27.8. The lowest BCUT2D eigenvalue weighted by molar-refractivity contribution is 0.00353. The van der Waals surface area contributed by atoms with Crippen LogP contribution >= 0.6 is 0 Å². The first kappa shape index (κ1) is 25.4. The maximum absolute atomic E-state index is 14.7. The maximum Gasteiger partial charge on any atom is 0.317 e. The topological polar surface area (TPSA) is 106 Å². The minimum atomic E-state index is -0.502. The van der Waals surface area contributed by atoms with Gasteiger partial charge in [0.1, 0.15) is 11.6 Å². The number of carbonyl (C=O) groups excluding carboxylic acids is 1. The number of rotatable bonds is 5. The molecule has 0 spiro atoms. The molecule has 11 heteroatoms. The van der Waals surface area contributed by atoms with Crippen molar-refractivity contribution < 1.29 is 18.7 Å². The molecule has 2 saturated heterocycles. The standard InChI is InChI=1S/C28H32FN7O3/c1-16-12-36(13-17(2)31-16)24-7-6-21(26-22(24)11-30-28(33-26)39-20-5-4-8-38-15-20)27(37)32-19-9-18-14-35(3)34-25(18)23(29)10-19/h6-7,9-11,14,16-17,20,31H,4-5,8,12-13,15H2,1-3H3,(H,32,37)/t16-,17-,20?/m0/s1. The molecule has 0 aliphatic carbocycles. The molecule has 2 aromatic carbocycles. The number of nitrogens with zero attached hydrogens (tertiary/aromatic N) is 5. The molecular weight excluding hydrogens is 501 g/mol. The fraction of sp³-hybridized carbons (Fsp3) is 0.429. The van der Waals surface area contributed by atoms with Gasteiger partial charge in [0.05, 0.1) is 17.7 Å². The Morgan fingerprint density at radius 2 is 2.03 bits per heavy atom. The summed E-state index contributed by atoms with van der Waals surface area (Å²) >= 11 is 0. The van der Waals surface area contributed by atoms with E-state index < -0.39 is 11.7 Å². The van der Waals surface area contributed by atoms with Gasteiger partial charge >= 0.3 is 6.01 Å². The molecule has 1 amide bonds. The van der Waals surface area contributed by atoms with Gasteiger partial charge in [0.2, 0.25) is 0 Å². The van der Waals surface area contributed by atoms with E-state index in [4.69, 9.17) is 14.5 Å². The number of carbonyl (C=O) groups is 1. The summed E-state index contributed by atoms with van der Waals surface area (Å²) in [5.41, 5.74) is 2.38. The molecule has 1 unspecified atom stereocenters. The van der Waals surface area contributed by atoms with Gasteiger partial charge in [0.15, 0.2) is 5.82 Å². The van der Waals surface area contributed by atoms with Crippen LogP contribution in [0.2, 0.25) is 0 Å². The third-order valence-corrected chi connectivity index (χ3v) is 7.17. The van der Waals surface area contributed by atoms with Gasteiger partial charge in [-0.1, -0.05) is 0 Å². The van der Waals surface area contributed by atoms with Crippen LogP contribution in [0.5, 0.6) is 6.01 Å². The molecule has 4 heterocycles. The normalized spacial score (nSPS) is 21.8. The number of aryl methyl sites for hydroxylation is 1. The lowest BCUT2D eigenvalue weighted by Gasteiger charge is -2.38. The van der Waals surface area contributed by atoms with Gasteiger partial charge in [-0.3, -0.25) is 9.48 Å². The van der Waals surface area contributed by atoms with Crippen LogP contribution in [0.4, 0.5) is 15.8 Å². The van der Waals surface area contributed by atoms with Crippen molar-refractivity contribution in [2.24, 2.45) is 7.05 Å². The summed E-state index contributed by atoms with van der Waals surface area (Å²) in [5.74, 6) is -0.903. The van der Waals surface area contributed by atoms with Crippen LogP contribution in [0.15, 0.2) is 36.7 Å². The zero-order valence-corrected chi connectivity index (χ0v) is 22.3. The number of benzene rings is 2. The highest BCUT2D eigenvalue weighted by molar-refractivity contribution is 6.14. The quantitative estimate of drug-likeness (QED) is 0.401. The van der Waals surface area contributed by atoms with E-state index in [1.165, 1.54) is 6.07 Å². The molecule has 2 fully saturated rings. The summed E-state index contributed by atoms with van der Waals surface area (Å²) in [4.78, 5) is 25.1. The molecule has 2 aliphatic rings. The number of ether oxygens (including phenoxy) is 2. The molecule has 2 aromatic heterocycles. The van der Waals surface area contributed by atoms with Gasteiger partial charge in [0, 0.05) is 73.4 Å². The Morgan fingerprint density at radius 1 is 1.21 bits per heavy atom. The first-order chi connectivity index (χ1) is 18.8. The van der Waals surface area contributed by atoms with Crippen LogP contribution < -0.4 is 20.3 Å². The zero-order valence-electron chi connectivity index (χ0n) is 22.3. The average molecular weight is 534 g/mol. The molecule has 0 saturated carbocycles. The molecule has 6 rings (SSSR count). The van der Waals surface area contributed by atoms with Gasteiger partial charge in [0.25, 0.3) is 5.91 Å². The number of fused-ring (bicyclic) bond motifs is 2. The van der Waals surface area contributed by atoms with Crippen molar-refractivity contribution in [3.63, 3.8) is 0 Å². The highest BCUT2D eigenvalue weighted by Gasteiger charge is 2.25. The molecule has 3 atom stereocenters. The Labute approximate surface area is 225 Å². The molecule has 204 valence electrons. The van der Waals surface area contributed by atoms with Crippen LogP contribution in [0.3, 0.4) is 0 Å². The average Bonchev–Trinajstić information content (AvgIpc) is 3.28.